The van der Waals surface area contributed by atoms with Crippen LogP contribution in [0.5, 0.6) is 0 Å². The summed E-state index contributed by atoms with van der Waals surface area (Å²) in [5.74, 6) is 0. The molecule has 0 aromatic rings. The van der Waals surface area contributed by atoms with Crippen molar-refractivity contribution in [3.8, 4) is 0 Å². The number of hydrogen-bond donors (Lipinski definition) is 2. The minimum atomic E-state index is -0.595. The Hall–Kier alpha value is 0.350. The van der Waals surface area contributed by atoms with Crippen molar-refractivity contribution in [3.05, 3.63) is 0 Å². The highest BCUT2D eigenvalue weighted by atomic mass is 31.0. The van der Waals surface area contributed by atoms with Gasteiger partial charge in [-0.05, 0) is 0 Å². The van der Waals surface area contributed by atoms with Crippen LogP contribution < -0.4 is 5.48 Å². The summed E-state index contributed by atoms with van der Waals surface area (Å²) < 4.78 is 12.6. The lowest BCUT2D eigenvalue weighted by Gasteiger charge is -1.75. The summed E-state index contributed by atoms with van der Waals surface area (Å²) >= 11 is 0. The maximum Gasteiger partial charge on any atom is 0.238 e. The van der Waals surface area contributed by atoms with Crippen molar-refractivity contribution in [1.29, 1.82) is 0 Å². The van der Waals surface area contributed by atoms with Gasteiger partial charge in [-0.1, -0.05) is 0 Å². The normalized spacial score (nSPS) is 22.2. The second-order valence-corrected chi connectivity index (χ2v) is 0.618. The summed E-state index contributed by atoms with van der Waals surface area (Å²) in [4.78, 5) is 0. The highest BCUT2D eigenvalue weighted by Crippen LogP contribution is 1.64. The minimum Gasteiger partial charge on any atom is -0.316 e. The monoisotopic (exact) mass is 82.0 g/mol. The second kappa shape index (κ2) is 3.35. The number of nitrogens with one attached hydrogen (secondary N) is 1. The van der Waals surface area contributed by atoms with Crippen molar-refractivity contribution < 1.29 is 8.01 Å². The molecule has 3 heteroatoms. The van der Waals surface area contributed by atoms with Gasteiger partial charge in [0.25, 0.3) is 0 Å². The third-order valence-electron chi connectivity index (χ3n) is 0.0680. The van der Waals surface area contributed by atoms with Gasteiger partial charge in [-0.3, -0.25) is 0 Å². The first-order chi connectivity index (χ1) is 2.77. The maximum atomic E-state index is 6.58. The van der Waals surface area contributed by atoms with Crippen LogP contribution in [0.3, 0.4) is 0 Å². The zero-order valence-corrected chi connectivity index (χ0v) is 3.22. The molecule has 0 amide bonds. The van der Waals surface area contributed by atoms with Crippen molar-refractivity contribution in [2.45, 2.75) is 0 Å². The third-order valence-corrected chi connectivity index (χ3v) is 0.204. The average molecular weight is 82.1 g/mol. The molecule has 0 bridgehead atoms. The number of rotatable bonds is 2. The van der Waals surface area contributed by atoms with Crippen LogP contribution in [0.4, 0.5) is 0 Å². The zero-order valence-electron chi connectivity index (χ0n) is 4.06. The topological polar surface area (TPSA) is 32.3 Å². The Balaban J connectivity index is 2.63. The Labute approximate surface area is 30.3 Å². The number of hydroxylamine groups is 1. The first-order valence-electron chi connectivity index (χ1n) is 1.81. The molecule has 0 saturated heterocycles. The van der Waals surface area contributed by atoms with E-state index in [2.05, 4.69) is 14.4 Å². The molecule has 0 aliphatic rings. The van der Waals surface area contributed by atoms with E-state index in [9.17, 15) is 0 Å². The van der Waals surface area contributed by atoms with E-state index in [1.54, 1.807) is 0 Å². The van der Waals surface area contributed by atoms with E-state index in [0.717, 1.165) is 0 Å². The van der Waals surface area contributed by atoms with E-state index < -0.39 is 6.26 Å². The quantitative estimate of drug-likeness (QED) is 0.357. The lowest BCUT2D eigenvalue weighted by atomic mass is 11.5. The van der Waals surface area contributed by atoms with E-state index in [-0.39, 0.29) is 0 Å². The van der Waals surface area contributed by atoms with Gasteiger partial charge in [-0.15, -0.1) is 9.24 Å². The minimum absolute atomic E-state index is 0.595. The summed E-state index contributed by atoms with van der Waals surface area (Å²) in [5, 5.41) is 3.59. The summed E-state index contributed by atoms with van der Waals surface area (Å²) in [5.41, 5.74) is 2.00. The Morgan fingerprint density at radius 2 is 3.75 bits per heavy atom. The third kappa shape index (κ3) is 2.35. The van der Waals surface area contributed by atoms with E-state index in [1.807, 2.05) is 5.48 Å². The molecule has 0 aliphatic carbocycles. The van der Waals surface area contributed by atoms with Gasteiger partial charge in [0.05, 0.1) is 0 Å². The first kappa shape index (κ1) is 1.71. The lowest BCUT2D eigenvalue weighted by Crippen LogP contribution is -1.99. The van der Waals surface area contributed by atoms with Crippen molar-refractivity contribution in [3.63, 3.8) is 0 Å². The van der Waals surface area contributed by atoms with Gasteiger partial charge in [0.2, 0.25) is 1.43 Å². The van der Waals surface area contributed by atoms with Crippen LogP contribution in [-0.2, 0) is 0 Å². The van der Waals surface area contributed by atoms with Gasteiger partial charge in [0, 0.05) is 7.63 Å². The Bertz CT molecular complexity index is 34.7. The summed E-state index contributed by atoms with van der Waals surface area (Å²) in [6.07, 6.45) is -0.595. The van der Waals surface area contributed by atoms with Crippen LogP contribution in [0.25, 0.3) is 0 Å². The molecule has 0 aromatic carbocycles. The molecule has 26 valence electrons. The van der Waals surface area contributed by atoms with Crippen LogP contribution >= 0.6 is 9.24 Å². The summed E-state index contributed by atoms with van der Waals surface area (Å²) in [7, 11) is 2.09. The van der Waals surface area contributed by atoms with Crippen LogP contribution in [0.2, 0.25) is 1.43 Å². The molecule has 0 rings (SSSR count). The molecule has 0 aromatic heterocycles. The van der Waals surface area contributed by atoms with Crippen molar-refractivity contribution in [2.24, 2.45) is 0 Å². The molecule has 0 spiro atoms. The van der Waals surface area contributed by atoms with Crippen molar-refractivity contribution in [2.75, 3.05) is 6.26 Å². The lowest BCUT2D eigenvalue weighted by molar-refractivity contribution is 0.188. The molecule has 2 atom stereocenters. The largest absolute Gasteiger partial charge is 0.316 e. The highest BCUT2D eigenvalue weighted by Gasteiger charge is 1.51. The van der Waals surface area contributed by atoms with Crippen LogP contribution in [0, 0.1) is 0 Å². The van der Waals surface area contributed by atoms with Gasteiger partial charge < -0.3 is 5.21 Å². The SMILES string of the molecule is [2H]ONC([3H])P. The van der Waals surface area contributed by atoms with E-state index in [4.69, 9.17) is 2.80 Å². The number of hydrogen-bond acceptors (Lipinski definition) is 2. The molecule has 2 unspecified atom stereocenters. The molecular weight excluding hydrogens is 73.0 g/mol. The van der Waals surface area contributed by atoms with Gasteiger partial charge in [-0.2, -0.15) is 0 Å². The average Bonchev–Trinajstić information content (AvgIpc) is 1.35. The molecule has 0 saturated carbocycles. The molecule has 4 heavy (non-hydrogen) atoms. The fraction of sp³-hybridized carbons (Fsp3) is 1.00. The molecule has 0 radical (unpaired) electrons. The maximum absolute atomic E-state index is 6.58. The van der Waals surface area contributed by atoms with E-state index in [1.165, 1.54) is 0 Å². The predicted octanol–water partition coefficient (Wildman–Crippen LogP) is -0.202. The standard InChI is InChI=1S/CH6NOP/c3-2-1-4/h2-3H,1,4H2/i1T,3D. The molecular formula is CH6NOP. The molecule has 0 fully saturated rings. The Kier molecular flexibility index (Phi) is 1.43. The van der Waals surface area contributed by atoms with Gasteiger partial charge in [-0.25, -0.2) is 5.48 Å². The molecule has 2 N–H and O–H groups in total. The van der Waals surface area contributed by atoms with Crippen LogP contribution in [0.15, 0.2) is 0 Å². The van der Waals surface area contributed by atoms with E-state index >= 15 is 0 Å². The van der Waals surface area contributed by atoms with Crippen molar-refractivity contribution in [1.82, 2.24) is 5.48 Å². The van der Waals surface area contributed by atoms with Crippen LogP contribution in [-0.4, -0.2) is 11.5 Å². The first-order valence-corrected chi connectivity index (χ1v) is 1.49. The Morgan fingerprint density at radius 1 is 3.00 bits per heavy atom. The summed E-state index contributed by atoms with van der Waals surface area (Å²) in [6, 6.07) is 0. The predicted molar refractivity (Wildman–Crippen MR) is 19.5 cm³/mol. The fourth-order valence-corrected chi connectivity index (χ4v) is 0. The molecule has 0 heterocycles. The Morgan fingerprint density at radius 3 is 3.75 bits per heavy atom. The second-order valence-electron chi connectivity index (χ2n) is 0.285. The van der Waals surface area contributed by atoms with Gasteiger partial charge >= 0.3 is 0 Å². The van der Waals surface area contributed by atoms with Crippen molar-refractivity contribution >= 4 is 9.24 Å². The fourth-order valence-electron chi connectivity index (χ4n) is 0. The molecule has 0 aliphatic heterocycles. The van der Waals surface area contributed by atoms with Gasteiger partial charge in [0.1, 0.15) is 0 Å². The smallest absolute Gasteiger partial charge is 0.238 e. The zero-order chi connectivity index (χ0) is 4.99. The van der Waals surface area contributed by atoms with Gasteiger partial charge in [0.15, 0.2) is 0 Å². The van der Waals surface area contributed by atoms with Crippen LogP contribution in [0.1, 0.15) is 1.37 Å². The summed E-state index contributed by atoms with van der Waals surface area (Å²) in [6.45, 7) is 0. The molecule has 2 nitrogen and oxygen atoms in total. The highest BCUT2D eigenvalue weighted by molar-refractivity contribution is 7.16. The van der Waals surface area contributed by atoms with E-state index in [0.29, 0.717) is 0 Å².